The lowest BCUT2D eigenvalue weighted by Crippen LogP contribution is -2.24. The number of hydrogen-bond acceptors (Lipinski definition) is 4. The molecule has 1 aromatic heterocycles. The Labute approximate surface area is 116 Å². The number of rotatable bonds is 6. The van der Waals surface area contributed by atoms with Crippen molar-refractivity contribution in [3.8, 4) is 0 Å². The van der Waals surface area contributed by atoms with Gasteiger partial charge in [0.2, 0.25) is 0 Å². The molecule has 0 saturated carbocycles. The maximum Gasteiger partial charge on any atom is 0.337 e. The zero-order chi connectivity index (χ0) is 14.4. The van der Waals surface area contributed by atoms with Gasteiger partial charge >= 0.3 is 5.97 Å². The van der Waals surface area contributed by atoms with E-state index in [1.54, 1.807) is 6.07 Å². The molecular weight excluding hydrogens is 256 g/mol. The molecule has 20 heavy (non-hydrogen) atoms. The van der Waals surface area contributed by atoms with E-state index in [1.807, 2.05) is 30.3 Å². The number of aromatic carboxylic acids is 1. The fraction of sp³-hybridized carbons (Fsp3) is 0.200. The molecule has 1 atom stereocenters. The molecular formula is C15H16N2O3. The first-order chi connectivity index (χ1) is 9.70. The lowest BCUT2D eigenvalue weighted by molar-refractivity contribution is 0.0696. The van der Waals surface area contributed by atoms with Gasteiger partial charge < -0.3 is 15.5 Å². The van der Waals surface area contributed by atoms with E-state index in [2.05, 4.69) is 10.3 Å². The van der Waals surface area contributed by atoms with Crippen molar-refractivity contribution in [3.05, 3.63) is 65.5 Å². The molecule has 0 fully saturated rings. The number of nitrogens with zero attached hydrogens (tertiary/aromatic N) is 1. The minimum absolute atomic E-state index is 0.0166. The van der Waals surface area contributed by atoms with Gasteiger partial charge in [-0.1, -0.05) is 30.3 Å². The summed E-state index contributed by atoms with van der Waals surface area (Å²) in [5.41, 5.74) is 1.89. The molecule has 104 valence electrons. The number of carboxylic acids is 1. The Morgan fingerprint density at radius 1 is 1.20 bits per heavy atom. The van der Waals surface area contributed by atoms with Crippen LogP contribution in [0.5, 0.6) is 0 Å². The highest BCUT2D eigenvalue weighted by atomic mass is 16.4. The number of aromatic nitrogens is 1. The summed E-state index contributed by atoms with van der Waals surface area (Å²) < 4.78 is 0. The number of benzene rings is 1. The molecule has 2 aromatic rings. The van der Waals surface area contributed by atoms with Crippen LogP contribution in [0, 0.1) is 0 Å². The van der Waals surface area contributed by atoms with Crippen LogP contribution < -0.4 is 5.32 Å². The van der Waals surface area contributed by atoms with Crippen molar-refractivity contribution < 1.29 is 15.0 Å². The van der Waals surface area contributed by atoms with E-state index in [4.69, 9.17) is 5.11 Å². The zero-order valence-corrected chi connectivity index (χ0v) is 10.9. The van der Waals surface area contributed by atoms with Crippen molar-refractivity contribution >= 4 is 5.97 Å². The van der Waals surface area contributed by atoms with E-state index in [-0.39, 0.29) is 18.2 Å². The quantitative estimate of drug-likeness (QED) is 0.744. The second-order valence-electron chi connectivity index (χ2n) is 4.37. The Kier molecular flexibility index (Phi) is 4.81. The molecule has 5 heteroatoms. The van der Waals surface area contributed by atoms with Crippen LogP contribution in [-0.2, 0) is 6.54 Å². The summed E-state index contributed by atoms with van der Waals surface area (Å²) >= 11 is 0. The summed E-state index contributed by atoms with van der Waals surface area (Å²) in [6.45, 7) is 0.442. The average Bonchev–Trinajstić information content (AvgIpc) is 2.49. The van der Waals surface area contributed by atoms with Crippen molar-refractivity contribution in [1.82, 2.24) is 10.3 Å². The first-order valence-corrected chi connectivity index (χ1v) is 6.28. The van der Waals surface area contributed by atoms with Gasteiger partial charge in [-0.25, -0.2) is 4.79 Å². The maximum atomic E-state index is 10.7. The first-order valence-electron chi connectivity index (χ1n) is 6.28. The minimum atomic E-state index is -0.991. The number of pyridine rings is 1. The van der Waals surface area contributed by atoms with Crippen LogP contribution in [0.15, 0.2) is 48.7 Å². The predicted octanol–water partition coefficient (Wildman–Crippen LogP) is 1.60. The van der Waals surface area contributed by atoms with Crippen LogP contribution in [0.25, 0.3) is 0 Å². The highest BCUT2D eigenvalue weighted by Gasteiger charge is 2.09. The van der Waals surface area contributed by atoms with Crippen LogP contribution in [0.4, 0.5) is 0 Å². The predicted molar refractivity (Wildman–Crippen MR) is 74.3 cm³/mol. The molecule has 0 radical (unpaired) electrons. The van der Waals surface area contributed by atoms with Gasteiger partial charge in [-0.2, -0.15) is 0 Å². The topological polar surface area (TPSA) is 82.5 Å². The van der Waals surface area contributed by atoms with Gasteiger partial charge in [0.15, 0.2) is 0 Å². The second-order valence-corrected chi connectivity index (χ2v) is 4.37. The molecule has 0 bridgehead atoms. The molecule has 2 rings (SSSR count). The standard InChI is InChI=1S/C15H16N2O3/c18-10-14(11-4-2-1-3-5-11)17-9-13-7-6-12(8-16-13)15(19)20/h1-8,14,17-18H,9-10H2,(H,19,20). The highest BCUT2D eigenvalue weighted by molar-refractivity contribution is 5.87. The molecule has 3 N–H and O–H groups in total. The number of nitrogens with one attached hydrogen (secondary N) is 1. The molecule has 1 unspecified atom stereocenters. The van der Waals surface area contributed by atoms with E-state index >= 15 is 0 Å². The van der Waals surface area contributed by atoms with Gasteiger partial charge in [-0.3, -0.25) is 4.98 Å². The molecule has 0 aliphatic carbocycles. The average molecular weight is 272 g/mol. The van der Waals surface area contributed by atoms with E-state index in [9.17, 15) is 9.90 Å². The van der Waals surface area contributed by atoms with Gasteiger partial charge in [0.25, 0.3) is 0 Å². The van der Waals surface area contributed by atoms with Gasteiger partial charge in [-0.05, 0) is 17.7 Å². The number of aliphatic hydroxyl groups is 1. The van der Waals surface area contributed by atoms with Crippen molar-refractivity contribution in [2.45, 2.75) is 12.6 Å². The molecule has 0 amide bonds. The van der Waals surface area contributed by atoms with Crippen LogP contribution >= 0.6 is 0 Å². The number of aliphatic hydroxyl groups excluding tert-OH is 1. The van der Waals surface area contributed by atoms with Crippen molar-refractivity contribution in [2.24, 2.45) is 0 Å². The Morgan fingerprint density at radius 3 is 2.50 bits per heavy atom. The molecule has 0 saturated heterocycles. The smallest absolute Gasteiger partial charge is 0.337 e. The van der Waals surface area contributed by atoms with Gasteiger partial charge in [-0.15, -0.1) is 0 Å². The Hall–Kier alpha value is -2.24. The van der Waals surface area contributed by atoms with Crippen molar-refractivity contribution in [2.75, 3.05) is 6.61 Å². The fourth-order valence-electron chi connectivity index (χ4n) is 1.86. The Morgan fingerprint density at radius 2 is 1.95 bits per heavy atom. The SMILES string of the molecule is O=C(O)c1ccc(CNC(CO)c2ccccc2)nc1. The highest BCUT2D eigenvalue weighted by Crippen LogP contribution is 2.12. The monoisotopic (exact) mass is 272 g/mol. The van der Waals surface area contributed by atoms with Crippen molar-refractivity contribution in [3.63, 3.8) is 0 Å². The summed E-state index contributed by atoms with van der Waals surface area (Å²) in [5, 5.41) is 21.4. The third-order valence-electron chi connectivity index (χ3n) is 2.99. The number of hydrogen-bond donors (Lipinski definition) is 3. The molecule has 0 aliphatic rings. The molecule has 0 aliphatic heterocycles. The maximum absolute atomic E-state index is 10.7. The zero-order valence-electron chi connectivity index (χ0n) is 10.9. The lowest BCUT2D eigenvalue weighted by Gasteiger charge is -2.16. The van der Waals surface area contributed by atoms with E-state index < -0.39 is 5.97 Å². The second kappa shape index (κ2) is 6.79. The number of carbonyl (C=O) groups is 1. The van der Waals surface area contributed by atoms with Crippen LogP contribution in [0.2, 0.25) is 0 Å². The van der Waals surface area contributed by atoms with Crippen LogP contribution in [0.1, 0.15) is 27.7 Å². The van der Waals surface area contributed by atoms with Crippen LogP contribution in [0.3, 0.4) is 0 Å². The normalized spacial score (nSPS) is 12.1. The molecule has 1 heterocycles. The van der Waals surface area contributed by atoms with Gasteiger partial charge in [0, 0.05) is 12.7 Å². The first kappa shape index (κ1) is 14.2. The summed E-state index contributed by atoms with van der Waals surface area (Å²) in [6.07, 6.45) is 1.33. The van der Waals surface area contributed by atoms with E-state index in [1.165, 1.54) is 12.3 Å². The molecule has 5 nitrogen and oxygen atoms in total. The summed E-state index contributed by atoms with van der Waals surface area (Å²) in [5.74, 6) is -0.991. The summed E-state index contributed by atoms with van der Waals surface area (Å²) in [6, 6.07) is 12.6. The molecule has 0 spiro atoms. The van der Waals surface area contributed by atoms with Crippen LogP contribution in [-0.4, -0.2) is 27.8 Å². The summed E-state index contributed by atoms with van der Waals surface area (Å²) in [4.78, 5) is 14.8. The minimum Gasteiger partial charge on any atom is -0.478 e. The summed E-state index contributed by atoms with van der Waals surface area (Å²) in [7, 11) is 0. The van der Waals surface area contributed by atoms with Gasteiger partial charge in [0.05, 0.1) is 23.9 Å². The molecule has 1 aromatic carbocycles. The van der Waals surface area contributed by atoms with Gasteiger partial charge in [0.1, 0.15) is 0 Å². The Bertz CT molecular complexity index is 555. The lowest BCUT2D eigenvalue weighted by atomic mass is 10.1. The fourth-order valence-corrected chi connectivity index (χ4v) is 1.86. The Balaban J connectivity index is 1.98. The number of carboxylic acid groups (broad SMARTS) is 1. The van der Waals surface area contributed by atoms with E-state index in [0.29, 0.717) is 6.54 Å². The van der Waals surface area contributed by atoms with Crippen molar-refractivity contribution in [1.29, 1.82) is 0 Å². The largest absolute Gasteiger partial charge is 0.478 e. The third kappa shape index (κ3) is 3.63. The third-order valence-corrected chi connectivity index (χ3v) is 2.99. The van der Waals surface area contributed by atoms with E-state index in [0.717, 1.165) is 11.3 Å².